The van der Waals surface area contributed by atoms with Crippen molar-refractivity contribution < 1.29 is 17.9 Å². The van der Waals surface area contributed by atoms with Gasteiger partial charge in [0.1, 0.15) is 5.75 Å². The van der Waals surface area contributed by atoms with Crippen LogP contribution in [-0.2, 0) is 16.6 Å². The van der Waals surface area contributed by atoms with Gasteiger partial charge in [-0.3, -0.25) is 4.79 Å². The molecule has 6 nitrogen and oxygen atoms in total. The average Bonchev–Trinajstić information content (AvgIpc) is 2.84. The smallest absolute Gasteiger partial charge is 0.251 e. The second-order valence-electron chi connectivity index (χ2n) is 8.30. The van der Waals surface area contributed by atoms with Crippen LogP contribution < -0.4 is 14.8 Å². The molecule has 2 N–H and O–H groups in total. The van der Waals surface area contributed by atoms with E-state index in [1.807, 2.05) is 38.1 Å². The van der Waals surface area contributed by atoms with Crippen molar-refractivity contribution in [2.75, 3.05) is 6.61 Å². The summed E-state index contributed by atoms with van der Waals surface area (Å²) in [5.74, 6) is 0.631. The van der Waals surface area contributed by atoms with Crippen molar-refractivity contribution in [2.24, 2.45) is 0 Å². The summed E-state index contributed by atoms with van der Waals surface area (Å²) in [5.41, 5.74) is 3.25. The zero-order valence-electron chi connectivity index (χ0n) is 19.9. The summed E-state index contributed by atoms with van der Waals surface area (Å²) in [4.78, 5) is 12.9. The first-order chi connectivity index (χ1) is 16.3. The number of aryl methyl sites for hydroxylation is 1. The number of hydrogen-bond acceptors (Lipinski definition) is 4. The summed E-state index contributed by atoms with van der Waals surface area (Å²) in [7, 11) is -3.60. The molecule has 0 aliphatic heterocycles. The van der Waals surface area contributed by atoms with Gasteiger partial charge < -0.3 is 10.1 Å². The third-order valence-electron chi connectivity index (χ3n) is 5.51. The topological polar surface area (TPSA) is 84.5 Å². The second kappa shape index (κ2) is 11.8. The van der Waals surface area contributed by atoms with Crippen molar-refractivity contribution in [1.29, 1.82) is 0 Å². The highest BCUT2D eigenvalue weighted by molar-refractivity contribution is 7.89. The van der Waals surface area contributed by atoms with Gasteiger partial charge in [-0.25, -0.2) is 13.1 Å². The van der Waals surface area contributed by atoms with Crippen LogP contribution in [-0.4, -0.2) is 20.9 Å². The van der Waals surface area contributed by atoms with Crippen LogP contribution in [0.4, 0.5) is 0 Å². The van der Waals surface area contributed by atoms with E-state index in [2.05, 4.69) is 17.0 Å². The van der Waals surface area contributed by atoms with Crippen LogP contribution in [0, 0.1) is 6.92 Å². The molecule has 0 unspecified atom stereocenters. The Balaban J connectivity index is 1.53. The zero-order chi connectivity index (χ0) is 24.6. The van der Waals surface area contributed by atoms with Gasteiger partial charge >= 0.3 is 0 Å². The molecule has 3 rings (SSSR count). The van der Waals surface area contributed by atoms with Gasteiger partial charge in [-0.1, -0.05) is 55.3 Å². The Kier molecular flexibility index (Phi) is 8.85. The summed E-state index contributed by atoms with van der Waals surface area (Å²) in [6.45, 7) is 6.80. The number of ether oxygens (including phenoxy) is 1. The highest BCUT2D eigenvalue weighted by Gasteiger charge is 2.14. The Morgan fingerprint density at radius 3 is 2.21 bits per heavy atom. The van der Waals surface area contributed by atoms with Gasteiger partial charge in [-0.15, -0.1) is 0 Å². The van der Waals surface area contributed by atoms with Crippen LogP contribution in [0.5, 0.6) is 5.75 Å². The highest BCUT2D eigenvalue weighted by atomic mass is 32.2. The van der Waals surface area contributed by atoms with Gasteiger partial charge in [0, 0.05) is 12.1 Å². The molecule has 0 saturated carbocycles. The van der Waals surface area contributed by atoms with Crippen LogP contribution in [0.1, 0.15) is 59.8 Å². The van der Waals surface area contributed by atoms with Crippen LogP contribution >= 0.6 is 0 Å². The standard InChI is InChI=1S/C27H32N2O4S/c1-4-5-18-33-25-14-12-23(13-15-25)21(3)29-27(30)24-10-8-22(9-11-24)19-28-34(31,32)26-16-6-20(2)7-17-26/h6-17,21,28H,4-5,18-19H2,1-3H3,(H,29,30)/t21-/m1/s1. The van der Waals surface area contributed by atoms with E-state index in [4.69, 9.17) is 4.74 Å². The first kappa shape index (κ1) is 25.5. The molecule has 1 atom stereocenters. The molecule has 34 heavy (non-hydrogen) atoms. The fourth-order valence-electron chi connectivity index (χ4n) is 3.30. The fourth-order valence-corrected chi connectivity index (χ4v) is 4.32. The number of hydrogen-bond donors (Lipinski definition) is 2. The Morgan fingerprint density at radius 1 is 0.941 bits per heavy atom. The van der Waals surface area contributed by atoms with E-state index in [0.717, 1.165) is 35.3 Å². The number of rotatable bonds is 11. The molecule has 0 aliphatic carbocycles. The Morgan fingerprint density at radius 2 is 1.59 bits per heavy atom. The van der Waals surface area contributed by atoms with Crippen molar-refractivity contribution in [3.05, 3.63) is 95.1 Å². The van der Waals surface area contributed by atoms with E-state index in [1.54, 1.807) is 48.5 Å². The maximum atomic E-state index is 12.7. The number of carbonyl (C=O) groups is 1. The SMILES string of the molecule is CCCCOc1ccc([C@@H](C)NC(=O)c2ccc(CNS(=O)(=O)c3ccc(C)cc3)cc2)cc1. The molecule has 0 aliphatic rings. The molecule has 0 fully saturated rings. The van der Waals surface area contributed by atoms with E-state index in [-0.39, 0.29) is 23.4 Å². The molecule has 0 bridgehead atoms. The molecule has 0 saturated heterocycles. The van der Waals surface area contributed by atoms with E-state index in [0.29, 0.717) is 12.2 Å². The molecule has 0 aromatic heterocycles. The first-order valence-electron chi connectivity index (χ1n) is 11.5. The molecular formula is C27H32N2O4S. The van der Waals surface area contributed by atoms with E-state index in [9.17, 15) is 13.2 Å². The Hall–Kier alpha value is -3.16. The Labute approximate surface area is 202 Å². The van der Waals surface area contributed by atoms with Gasteiger partial charge in [0.25, 0.3) is 5.91 Å². The normalized spacial score (nSPS) is 12.2. The summed E-state index contributed by atoms with van der Waals surface area (Å²) >= 11 is 0. The van der Waals surface area contributed by atoms with Crippen molar-refractivity contribution in [2.45, 2.75) is 51.1 Å². The van der Waals surface area contributed by atoms with Gasteiger partial charge in [0.15, 0.2) is 0 Å². The van der Waals surface area contributed by atoms with Gasteiger partial charge in [-0.2, -0.15) is 0 Å². The third-order valence-corrected chi connectivity index (χ3v) is 6.93. The molecular weight excluding hydrogens is 448 g/mol. The van der Waals surface area contributed by atoms with Crippen molar-refractivity contribution in [1.82, 2.24) is 10.0 Å². The largest absolute Gasteiger partial charge is 0.494 e. The number of carbonyl (C=O) groups excluding carboxylic acids is 1. The number of benzene rings is 3. The number of unbranched alkanes of at least 4 members (excludes halogenated alkanes) is 1. The predicted octanol–water partition coefficient (Wildman–Crippen LogP) is 5.14. The molecule has 180 valence electrons. The fraction of sp³-hybridized carbons (Fsp3) is 0.296. The molecule has 0 spiro atoms. The minimum atomic E-state index is -3.60. The maximum Gasteiger partial charge on any atom is 0.251 e. The summed E-state index contributed by atoms with van der Waals surface area (Å²) < 4.78 is 33.2. The summed E-state index contributed by atoms with van der Waals surface area (Å²) in [6.07, 6.45) is 2.11. The lowest BCUT2D eigenvalue weighted by Crippen LogP contribution is -2.26. The van der Waals surface area contributed by atoms with E-state index >= 15 is 0 Å². The van der Waals surface area contributed by atoms with Gasteiger partial charge in [0.2, 0.25) is 10.0 Å². The third kappa shape index (κ3) is 7.17. The van der Waals surface area contributed by atoms with E-state index in [1.165, 1.54) is 0 Å². The molecule has 0 heterocycles. The molecule has 0 radical (unpaired) electrons. The quantitative estimate of drug-likeness (QED) is 0.372. The van der Waals surface area contributed by atoms with Gasteiger partial charge in [0.05, 0.1) is 17.5 Å². The first-order valence-corrected chi connectivity index (χ1v) is 13.0. The van der Waals surface area contributed by atoms with Crippen LogP contribution in [0.25, 0.3) is 0 Å². The van der Waals surface area contributed by atoms with Crippen molar-refractivity contribution in [3.63, 3.8) is 0 Å². The molecule has 1 amide bonds. The minimum absolute atomic E-state index is 0.140. The average molecular weight is 481 g/mol. The monoisotopic (exact) mass is 480 g/mol. The molecule has 3 aromatic rings. The molecule has 7 heteroatoms. The highest BCUT2D eigenvalue weighted by Crippen LogP contribution is 2.19. The number of sulfonamides is 1. The maximum absolute atomic E-state index is 12.7. The number of amides is 1. The zero-order valence-corrected chi connectivity index (χ0v) is 20.7. The van der Waals surface area contributed by atoms with Crippen LogP contribution in [0.15, 0.2) is 77.7 Å². The lowest BCUT2D eigenvalue weighted by atomic mass is 10.1. The van der Waals surface area contributed by atoms with Crippen molar-refractivity contribution in [3.8, 4) is 5.75 Å². The Bertz CT molecular complexity index is 1170. The minimum Gasteiger partial charge on any atom is -0.494 e. The summed E-state index contributed by atoms with van der Waals surface area (Å²) in [6, 6.07) is 21.2. The van der Waals surface area contributed by atoms with Crippen molar-refractivity contribution >= 4 is 15.9 Å². The molecule has 3 aromatic carbocycles. The van der Waals surface area contributed by atoms with Gasteiger partial charge in [-0.05, 0) is 67.8 Å². The van der Waals surface area contributed by atoms with E-state index < -0.39 is 10.0 Å². The summed E-state index contributed by atoms with van der Waals surface area (Å²) in [5, 5.41) is 2.99. The van der Waals surface area contributed by atoms with Crippen LogP contribution in [0.3, 0.4) is 0 Å². The lowest BCUT2D eigenvalue weighted by molar-refractivity contribution is 0.0940. The van der Waals surface area contributed by atoms with Crippen LogP contribution in [0.2, 0.25) is 0 Å². The predicted molar refractivity (Wildman–Crippen MR) is 134 cm³/mol. The second-order valence-corrected chi connectivity index (χ2v) is 10.1. The lowest BCUT2D eigenvalue weighted by Gasteiger charge is -2.15. The number of nitrogens with one attached hydrogen (secondary N) is 2.